The predicted octanol–water partition coefficient (Wildman–Crippen LogP) is 2.14. The Bertz CT molecular complexity index is 463. The van der Waals surface area contributed by atoms with E-state index in [-0.39, 0.29) is 0 Å². The van der Waals surface area contributed by atoms with Gasteiger partial charge in [0.25, 0.3) is 0 Å². The van der Waals surface area contributed by atoms with E-state index in [4.69, 9.17) is 0 Å². The lowest BCUT2D eigenvalue weighted by molar-refractivity contribution is 0.223. The lowest BCUT2D eigenvalue weighted by Gasteiger charge is -2.05. The molecule has 0 spiro atoms. The van der Waals surface area contributed by atoms with E-state index in [0.717, 1.165) is 29.1 Å². The minimum atomic E-state index is -0.599. The van der Waals surface area contributed by atoms with Gasteiger partial charge in [-0.15, -0.1) is 11.3 Å². The number of hydrogen-bond donors (Lipinski definition) is 1. The molecule has 4 nitrogen and oxygen atoms in total. The molecule has 0 aliphatic heterocycles. The van der Waals surface area contributed by atoms with Gasteiger partial charge in [-0.2, -0.15) is 5.10 Å². The van der Waals surface area contributed by atoms with E-state index in [1.54, 1.807) is 11.7 Å². The number of aryl methyl sites for hydroxylation is 2. The normalized spacial score (nSPS) is 12.9. The fourth-order valence-corrected chi connectivity index (χ4v) is 2.41. The molecule has 2 aromatic rings. The Morgan fingerprint density at radius 3 is 3.00 bits per heavy atom. The molecule has 0 aromatic carbocycles. The molecule has 1 atom stereocenters. The second-order valence-electron chi connectivity index (χ2n) is 3.74. The largest absolute Gasteiger partial charge is 0.383 e. The van der Waals surface area contributed by atoms with Gasteiger partial charge in [0.05, 0.1) is 22.3 Å². The highest BCUT2D eigenvalue weighted by molar-refractivity contribution is 7.09. The van der Waals surface area contributed by atoms with Crippen LogP contribution in [0, 0.1) is 6.92 Å². The third-order valence-electron chi connectivity index (χ3n) is 2.45. The maximum Gasteiger partial charge on any atom is 0.118 e. The number of aliphatic hydroxyl groups excluding tert-OH is 1. The summed E-state index contributed by atoms with van der Waals surface area (Å²) < 4.78 is 1.86. The van der Waals surface area contributed by atoms with Gasteiger partial charge in [-0.05, 0) is 13.3 Å². The van der Waals surface area contributed by atoms with Crippen LogP contribution in [0.1, 0.15) is 35.6 Å². The first-order valence-electron chi connectivity index (χ1n) is 5.32. The summed E-state index contributed by atoms with van der Waals surface area (Å²) >= 11 is 1.48. The van der Waals surface area contributed by atoms with Gasteiger partial charge in [-0.3, -0.25) is 4.68 Å². The van der Waals surface area contributed by atoms with Crippen molar-refractivity contribution in [2.75, 3.05) is 0 Å². The molecular weight excluding hydrogens is 222 g/mol. The standard InChI is InChI=1S/C11H15N3OS/c1-3-4-14-6-9(5-13-14)10(15)11-8(2)12-7-16-11/h5-7,10,15H,3-4H2,1-2H3. The van der Waals surface area contributed by atoms with Crippen LogP contribution in [0.5, 0.6) is 0 Å². The molecule has 2 aromatic heterocycles. The third kappa shape index (κ3) is 2.15. The van der Waals surface area contributed by atoms with Crippen molar-refractivity contribution in [3.63, 3.8) is 0 Å². The number of rotatable bonds is 4. The van der Waals surface area contributed by atoms with E-state index in [2.05, 4.69) is 17.0 Å². The van der Waals surface area contributed by atoms with Gasteiger partial charge in [0.15, 0.2) is 0 Å². The van der Waals surface area contributed by atoms with Gasteiger partial charge in [-0.1, -0.05) is 6.92 Å². The number of nitrogens with zero attached hydrogens (tertiary/aromatic N) is 3. The zero-order valence-corrected chi connectivity index (χ0v) is 10.2. The van der Waals surface area contributed by atoms with Gasteiger partial charge < -0.3 is 5.11 Å². The van der Waals surface area contributed by atoms with Crippen molar-refractivity contribution in [1.29, 1.82) is 0 Å². The molecule has 0 aliphatic rings. The van der Waals surface area contributed by atoms with E-state index in [1.165, 1.54) is 11.3 Å². The quantitative estimate of drug-likeness (QED) is 0.886. The second kappa shape index (κ2) is 4.76. The van der Waals surface area contributed by atoms with Crippen molar-refractivity contribution in [1.82, 2.24) is 14.8 Å². The smallest absolute Gasteiger partial charge is 0.118 e. The fraction of sp³-hybridized carbons (Fsp3) is 0.455. The van der Waals surface area contributed by atoms with Crippen LogP contribution < -0.4 is 0 Å². The van der Waals surface area contributed by atoms with Crippen LogP contribution in [0.4, 0.5) is 0 Å². The predicted molar refractivity (Wildman–Crippen MR) is 63.4 cm³/mol. The molecule has 0 aliphatic carbocycles. The summed E-state index contributed by atoms with van der Waals surface area (Å²) in [6.45, 7) is 4.89. The first-order valence-corrected chi connectivity index (χ1v) is 6.20. The van der Waals surface area contributed by atoms with Crippen molar-refractivity contribution in [2.45, 2.75) is 32.9 Å². The fourth-order valence-electron chi connectivity index (χ4n) is 1.60. The number of thiazole rings is 1. The highest BCUT2D eigenvalue weighted by atomic mass is 32.1. The van der Waals surface area contributed by atoms with Gasteiger partial charge in [0, 0.05) is 18.3 Å². The van der Waals surface area contributed by atoms with Crippen LogP contribution >= 0.6 is 11.3 Å². The molecule has 86 valence electrons. The van der Waals surface area contributed by atoms with Crippen LogP contribution in [0.2, 0.25) is 0 Å². The van der Waals surface area contributed by atoms with E-state index < -0.39 is 6.10 Å². The molecule has 0 saturated heterocycles. The molecule has 0 fully saturated rings. The van der Waals surface area contributed by atoms with Crippen molar-refractivity contribution >= 4 is 11.3 Å². The number of hydrogen-bond acceptors (Lipinski definition) is 4. The maximum atomic E-state index is 10.2. The summed E-state index contributed by atoms with van der Waals surface area (Å²) in [6.07, 6.45) is 4.06. The van der Waals surface area contributed by atoms with Crippen molar-refractivity contribution < 1.29 is 5.11 Å². The number of aliphatic hydroxyl groups is 1. The lowest BCUT2D eigenvalue weighted by Crippen LogP contribution is -1.99. The van der Waals surface area contributed by atoms with Gasteiger partial charge in [0.1, 0.15) is 6.10 Å². The molecule has 5 heteroatoms. The average Bonchev–Trinajstić information content (AvgIpc) is 2.87. The van der Waals surface area contributed by atoms with E-state index >= 15 is 0 Å². The molecule has 1 N–H and O–H groups in total. The zero-order chi connectivity index (χ0) is 11.5. The minimum absolute atomic E-state index is 0.599. The van der Waals surface area contributed by atoms with Crippen molar-refractivity contribution in [3.05, 3.63) is 34.0 Å². The Hall–Kier alpha value is -1.20. The van der Waals surface area contributed by atoms with Crippen LogP contribution in [0.25, 0.3) is 0 Å². The van der Waals surface area contributed by atoms with Crippen LogP contribution in [0.15, 0.2) is 17.9 Å². The lowest BCUT2D eigenvalue weighted by atomic mass is 10.1. The molecule has 0 bridgehead atoms. The van der Waals surface area contributed by atoms with Crippen molar-refractivity contribution in [3.8, 4) is 0 Å². The molecule has 2 rings (SSSR count). The van der Waals surface area contributed by atoms with Crippen LogP contribution in [0.3, 0.4) is 0 Å². The summed E-state index contributed by atoms with van der Waals surface area (Å²) in [5, 5.41) is 14.4. The van der Waals surface area contributed by atoms with Crippen LogP contribution in [-0.2, 0) is 6.54 Å². The second-order valence-corrected chi connectivity index (χ2v) is 4.63. The Kier molecular flexibility index (Phi) is 3.36. The summed E-state index contributed by atoms with van der Waals surface area (Å²) in [7, 11) is 0. The average molecular weight is 237 g/mol. The van der Waals surface area contributed by atoms with E-state index in [0.29, 0.717) is 0 Å². The first kappa shape index (κ1) is 11.3. The number of aromatic nitrogens is 3. The third-order valence-corrected chi connectivity index (χ3v) is 3.44. The summed E-state index contributed by atoms with van der Waals surface area (Å²) in [5.41, 5.74) is 3.48. The summed E-state index contributed by atoms with van der Waals surface area (Å²) in [6, 6.07) is 0. The maximum absolute atomic E-state index is 10.2. The molecular formula is C11H15N3OS. The Balaban J connectivity index is 2.20. The summed E-state index contributed by atoms with van der Waals surface area (Å²) in [5.74, 6) is 0. The summed E-state index contributed by atoms with van der Waals surface area (Å²) in [4.78, 5) is 5.04. The molecule has 0 amide bonds. The Labute approximate surface area is 98.6 Å². The first-order chi connectivity index (χ1) is 7.72. The monoisotopic (exact) mass is 237 g/mol. The highest BCUT2D eigenvalue weighted by Crippen LogP contribution is 2.27. The zero-order valence-electron chi connectivity index (χ0n) is 9.42. The minimum Gasteiger partial charge on any atom is -0.383 e. The van der Waals surface area contributed by atoms with Gasteiger partial charge >= 0.3 is 0 Å². The molecule has 0 saturated carbocycles. The topological polar surface area (TPSA) is 50.9 Å². The molecule has 16 heavy (non-hydrogen) atoms. The van der Waals surface area contributed by atoms with Gasteiger partial charge in [-0.25, -0.2) is 4.98 Å². The van der Waals surface area contributed by atoms with Gasteiger partial charge in [0.2, 0.25) is 0 Å². The molecule has 0 radical (unpaired) electrons. The van der Waals surface area contributed by atoms with E-state index in [1.807, 2.05) is 17.8 Å². The SMILES string of the molecule is CCCn1cc(C(O)c2scnc2C)cn1. The van der Waals surface area contributed by atoms with Crippen LogP contribution in [-0.4, -0.2) is 19.9 Å². The van der Waals surface area contributed by atoms with E-state index in [9.17, 15) is 5.11 Å². The molecule has 1 unspecified atom stereocenters. The van der Waals surface area contributed by atoms with Crippen molar-refractivity contribution in [2.24, 2.45) is 0 Å². The Morgan fingerprint density at radius 2 is 2.38 bits per heavy atom. The highest BCUT2D eigenvalue weighted by Gasteiger charge is 2.16. The molecule has 2 heterocycles. The Morgan fingerprint density at radius 1 is 1.56 bits per heavy atom.